The minimum atomic E-state index is 0.0231. The molecule has 0 aromatic carbocycles. The molecule has 0 N–H and O–H groups in total. The fourth-order valence-electron chi connectivity index (χ4n) is 4.66. The topological polar surface area (TPSA) is 40.2 Å². The summed E-state index contributed by atoms with van der Waals surface area (Å²) >= 11 is 0. The molecule has 4 heteroatoms. The van der Waals surface area contributed by atoms with E-state index in [0.717, 1.165) is 32.5 Å². The standard InChI is InChI=1S/C15H22O4/c1-2-12-13(19-12)3-9(1)14-16-7-15(8-17-14)5-10-4-11(6-15)18-10/h9-14H,1-8H2. The van der Waals surface area contributed by atoms with E-state index < -0.39 is 0 Å². The molecule has 2 bridgehead atoms. The predicted octanol–water partition coefficient (Wildman–Crippen LogP) is 1.86. The fraction of sp³-hybridized carbons (Fsp3) is 1.00. The van der Waals surface area contributed by atoms with Crippen molar-refractivity contribution >= 4 is 0 Å². The summed E-state index contributed by atoms with van der Waals surface area (Å²) in [5, 5.41) is 0. The summed E-state index contributed by atoms with van der Waals surface area (Å²) in [6.45, 7) is 1.75. The van der Waals surface area contributed by atoms with Crippen LogP contribution in [0, 0.1) is 11.3 Å². The highest BCUT2D eigenvalue weighted by molar-refractivity contribution is 4.99. The van der Waals surface area contributed by atoms with Crippen LogP contribution in [-0.2, 0) is 18.9 Å². The van der Waals surface area contributed by atoms with Gasteiger partial charge >= 0.3 is 0 Å². The van der Waals surface area contributed by atoms with E-state index in [1.54, 1.807) is 0 Å². The first-order valence-electron chi connectivity index (χ1n) is 7.84. The van der Waals surface area contributed by atoms with Crippen molar-refractivity contribution in [1.82, 2.24) is 0 Å². The molecule has 4 heterocycles. The second-order valence-electron chi connectivity index (χ2n) is 7.30. The maximum atomic E-state index is 6.11. The zero-order chi connectivity index (χ0) is 12.4. The largest absolute Gasteiger partial charge is 0.375 e. The lowest BCUT2D eigenvalue weighted by Crippen LogP contribution is -2.57. The lowest BCUT2D eigenvalue weighted by molar-refractivity contribution is -0.295. The van der Waals surface area contributed by atoms with Crippen LogP contribution >= 0.6 is 0 Å². The van der Waals surface area contributed by atoms with Gasteiger partial charge in [0, 0.05) is 11.3 Å². The van der Waals surface area contributed by atoms with Gasteiger partial charge in [-0.25, -0.2) is 0 Å². The van der Waals surface area contributed by atoms with Crippen LogP contribution in [0.4, 0.5) is 0 Å². The van der Waals surface area contributed by atoms with Crippen LogP contribution < -0.4 is 0 Å². The molecule has 0 aromatic rings. The van der Waals surface area contributed by atoms with Crippen LogP contribution in [0.25, 0.3) is 0 Å². The Balaban J connectivity index is 1.21. The molecule has 5 unspecified atom stereocenters. The van der Waals surface area contributed by atoms with Crippen molar-refractivity contribution in [1.29, 1.82) is 0 Å². The van der Waals surface area contributed by atoms with Crippen molar-refractivity contribution < 1.29 is 18.9 Å². The number of rotatable bonds is 1. The highest BCUT2D eigenvalue weighted by Gasteiger charge is 2.52. The molecule has 1 spiro atoms. The first-order chi connectivity index (χ1) is 9.30. The molecule has 19 heavy (non-hydrogen) atoms. The molecule has 6 rings (SSSR count). The summed E-state index contributed by atoms with van der Waals surface area (Å²) in [6, 6.07) is 0. The number of fused-ring (bicyclic) bond motifs is 1. The van der Waals surface area contributed by atoms with E-state index in [1.807, 2.05) is 0 Å². The Labute approximate surface area is 113 Å². The van der Waals surface area contributed by atoms with Crippen molar-refractivity contribution in [2.45, 2.75) is 69.2 Å². The summed E-state index contributed by atoms with van der Waals surface area (Å²) in [7, 11) is 0. The van der Waals surface area contributed by atoms with Gasteiger partial charge in [-0.2, -0.15) is 0 Å². The van der Waals surface area contributed by atoms with Gasteiger partial charge in [0.25, 0.3) is 0 Å². The number of hydrogen-bond donors (Lipinski definition) is 0. The quantitative estimate of drug-likeness (QED) is 0.679. The van der Waals surface area contributed by atoms with E-state index in [9.17, 15) is 0 Å². The molecular weight excluding hydrogens is 244 g/mol. The van der Waals surface area contributed by atoms with Crippen molar-refractivity contribution in [2.75, 3.05) is 13.2 Å². The van der Waals surface area contributed by atoms with E-state index in [4.69, 9.17) is 18.9 Å². The number of epoxide rings is 1. The van der Waals surface area contributed by atoms with Crippen LogP contribution in [0.2, 0.25) is 0 Å². The third-order valence-corrected chi connectivity index (χ3v) is 5.77. The van der Waals surface area contributed by atoms with Gasteiger partial charge in [0.1, 0.15) is 0 Å². The van der Waals surface area contributed by atoms with Crippen LogP contribution in [0.3, 0.4) is 0 Å². The summed E-state index contributed by atoms with van der Waals surface area (Å²) in [4.78, 5) is 0. The molecule has 4 saturated heterocycles. The van der Waals surface area contributed by atoms with Gasteiger partial charge in [0.2, 0.25) is 0 Å². The number of hydrogen-bond acceptors (Lipinski definition) is 4. The third-order valence-electron chi connectivity index (χ3n) is 5.77. The molecule has 4 aliphatic heterocycles. The van der Waals surface area contributed by atoms with Crippen LogP contribution in [0.15, 0.2) is 0 Å². The molecule has 6 aliphatic rings. The highest BCUT2D eigenvalue weighted by Crippen LogP contribution is 2.49. The molecule has 106 valence electrons. The molecule has 2 saturated carbocycles. The van der Waals surface area contributed by atoms with Crippen LogP contribution in [-0.4, -0.2) is 43.9 Å². The van der Waals surface area contributed by atoms with Crippen molar-refractivity contribution in [3.8, 4) is 0 Å². The molecule has 0 aromatic heterocycles. The maximum absolute atomic E-state index is 6.11. The second kappa shape index (κ2) is 3.94. The summed E-state index contributed by atoms with van der Waals surface area (Å²) in [6.07, 6.45) is 9.13. The first-order valence-corrected chi connectivity index (χ1v) is 7.84. The summed E-state index contributed by atoms with van der Waals surface area (Å²) in [5.74, 6) is 0.551. The van der Waals surface area contributed by atoms with E-state index in [0.29, 0.717) is 30.3 Å². The molecule has 2 aliphatic carbocycles. The van der Waals surface area contributed by atoms with Gasteiger partial charge in [-0.05, 0) is 38.5 Å². The van der Waals surface area contributed by atoms with Gasteiger partial charge in [-0.15, -0.1) is 0 Å². The van der Waals surface area contributed by atoms with E-state index in [-0.39, 0.29) is 11.7 Å². The maximum Gasteiger partial charge on any atom is 0.160 e. The molecule has 0 amide bonds. The van der Waals surface area contributed by atoms with Crippen LogP contribution in [0.5, 0.6) is 0 Å². The van der Waals surface area contributed by atoms with Gasteiger partial charge in [-0.3, -0.25) is 0 Å². The Bertz CT molecular complexity index is 358. The SMILES string of the molecule is C1C2CC3(COC(C4CCC5OC5C4)OC3)CC1O2. The molecular formula is C15H22O4. The van der Waals surface area contributed by atoms with Gasteiger partial charge in [0.15, 0.2) is 6.29 Å². The van der Waals surface area contributed by atoms with E-state index in [2.05, 4.69) is 0 Å². The number of ether oxygens (including phenoxy) is 4. The molecule has 4 nitrogen and oxygen atoms in total. The predicted molar refractivity (Wildman–Crippen MR) is 66.6 cm³/mol. The summed E-state index contributed by atoms with van der Waals surface area (Å²) < 4.78 is 23.6. The molecule has 5 atom stereocenters. The average molecular weight is 266 g/mol. The van der Waals surface area contributed by atoms with Crippen molar-refractivity contribution in [2.24, 2.45) is 11.3 Å². The van der Waals surface area contributed by atoms with Crippen LogP contribution in [0.1, 0.15) is 38.5 Å². The van der Waals surface area contributed by atoms with E-state index >= 15 is 0 Å². The average Bonchev–Trinajstić information content (AvgIpc) is 3.17. The van der Waals surface area contributed by atoms with E-state index in [1.165, 1.54) is 19.3 Å². The Morgan fingerprint density at radius 1 is 0.789 bits per heavy atom. The Morgan fingerprint density at radius 3 is 2.21 bits per heavy atom. The zero-order valence-corrected chi connectivity index (χ0v) is 11.3. The smallest absolute Gasteiger partial charge is 0.160 e. The van der Waals surface area contributed by atoms with Crippen molar-refractivity contribution in [3.63, 3.8) is 0 Å². The molecule has 6 fully saturated rings. The monoisotopic (exact) mass is 266 g/mol. The summed E-state index contributed by atoms with van der Waals surface area (Å²) in [5.41, 5.74) is 0.260. The third kappa shape index (κ3) is 1.88. The van der Waals surface area contributed by atoms with Crippen molar-refractivity contribution in [3.05, 3.63) is 0 Å². The molecule has 0 radical (unpaired) electrons. The Morgan fingerprint density at radius 2 is 1.53 bits per heavy atom. The minimum Gasteiger partial charge on any atom is -0.375 e. The van der Waals surface area contributed by atoms with Gasteiger partial charge < -0.3 is 18.9 Å². The van der Waals surface area contributed by atoms with Gasteiger partial charge in [0.05, 0.1) is 37.6 Å². The lowest BCUT2D eigenvalue weighted by atomic mass is 9.69. The van der Waals surface area contributed by atoms with Gasteiger partial charge in [-0.1, -0.05) is 0 Å². The Hall–Kier alpha value is -0.160. The first kappa shape index (κ1) is 11.5. The normalized spacial score (nSPS) is 59.4. The minimum absolute atomic E-state index is 0.0231. The fourth-order valence-corrected chi connectivity index (χ4v) is 4.66. The highest BCUT2D eigenvalue weighted by atomic mass is 16.7. The Kier molecular flexibility index (Phi) is 2.38. The lowest BCUT2D eigenvalue weighted by Gasteiger charge is -2.54. The second-order valence-corrected chi connectivity index (χ2v) is 7.30. The zero-order valence-electron chi connectivity index (χ0n) is 11.3.